The Morgan fingerprint density at radius 1 is 0.391 bits per heavy atom. The van der Waals surface area contributed by atoms with Crippen LogP contribution in [0.4, 0.5) is 0 Å². The standard InChI is InChI=1S/C6H12.4C3H7O.Ti/c1-2-4-6-5-3-1;4*1-3(2)4;/h1-6H2;4*3H,1-2H3;/q;4*-1;+4. The first-order valence-corrected chi connectivity index (χ1v) is 8.56. The molecule has 0 atom stereocenters. The third-order valence-electron chi connectivity index (χ3n) is 1.50. The smallest absolute Gasteiger partial charge is 0.852 e. The van der Waals surface area contributed by atoms with E-state index in [4.69, 9.17) is 0 Å². The van der Waals surface area contributed by atoms with Crippen LogP contribution < -0.4 is 20.4 Å². The molecule has 1 rings (SSSR count). The van der Waals surface area contributed by atoms with Gasteiger partial charge < -0.3 is 20.4 Å². The molecule has 0 heterocycles. The fraction of sp³-hybridized carbons (Fsp3) is 1.00. The van der Waals surface area contributed by atoms with Gasteiger partial charge in [0, 0.05) is 0 Å². The maximum atomic E-state index is 9.53. The summed E-state index contributed by atoms with van der Waals surface area (Å²) in [5.74, 6) is 0. The molecule has 0 bridgehead atoms. The quantitative estimate of drug-likeness (QED) is 0.604. The van der Waals surface area contributed by atoms with Gasteiger partial charge in [-0.05, 0) is 0 Å². The van der Waals surface area contributed by atoms with Crippen molar-refractivity contribution in [2.24, 2.45) is 0 Å². The molecule has 4 nitrogen and oxygen atoms in total. The SMILES string of the molecule is C1CCCCC1.CC(C)[O-].CC(C)[O-].CC(C)[O-].CC(C)[O-].[Ti+4]. The van der Waals surface area contributed by atoms with E-state index < -0.39 is 24.4 Å². The molecule has 0 amide bonds. The molecule has 1 aliphatic carbocycles. The van der Waals surface area contributed by atoms with Crippen LogP contribution in [0.2, 0.25) is 0 Å². The van der Waals surface area contributed by atoms with E-state index in [0.717, 1.165) is 0 Å². The van der Waals surface area contributed by atoms with Crippen molar-refractivity contribution in [2.45, 2.75) is 118 Å². The zero-order valence-electron chi connectivity index (χ0n) is 16.7. The predicted molar refractivity (Wildman–Crippen MR) is 88.2 cm³/mol. The third-order valence-corrected chi connectivity index (χ3v) is 1.50. The predicted octanol–water partition coefficient (Wildman–Crippen LogP) is 1.36. The molecule has 1 saturated carbocycles. The van der Waals surface area contributed by atoms with Gasteiger partial charge in [0.1, 0.15) is 0 Å². The summed E-state index contributed by atoms with van der Waals surface area (Å²) in [7, 11) is 0. The van der Waals surface area contributed by atoms with Gasteiger partial charge in [-0.15, -0.1) is 24.4 Å². The summed E-state index contributed by atoms with van der Waals surface area (Å²) < 4.78 is 0. The van der Waals surface area contributed by atoms with E-state index in [2.05, 4.69) is 0 Å². The molecule has 23 heavy (non-hydrogen) atoms. The van der Waals surface area contributed by atoms with E-state index in [0.29, 0.717) is 0 Å². The normalized spacial score (nSPS) is 12.5. The van der Waals surface area contributed by atoms with Crippen LogP contribution in [0.1, 0.15) is 93.9 Å². The summed E-state index contributed by atoms with van der Waals surface area (Å²) in [6.45, 7) is 12.9. The van der Waals surface area contributed by atoms with E-state index in [1.807, 2.05) is 0 Å². The Morgan fingerprint density at radius 2 is 0.435 bits per heavy atom. The fourth-order valence-electron chi connectivity index (χ4n) is 1.06. The molecule has 5 heteroatoms. The van der Waals surface area contributed by atoms with Gasteiger partial charge in [0.05, 0.1) is 0 Å². The molecule has 0 aromatic rings. The van der Waals surface area contributed by atoms with Crippen molar-refractivity contribution in [3.05, 3.63) is 0 Å². The van der Waals surface area contributed by atoms with Crippen molar-refractivity contribution in [3.63, 3.8) is 0 Å². The zero-order valence-corrected chi connectivity index (χ0v) is 18.2. The minimum Gasteiger partial charge on any atom is -0.852 e. The number of hydrogen-bond donors (Lipinski definition) is 0. The Hall–Kier alpha value is 0.554. The van der Waals surface area contributed by atoms with Gasteiger partial charge in [-0.25, -0.2) is 0 Å². The van der Waals surface area contributed by atoms with Gasteiger partial charge in [0.25, 0.3) is 0 Å². The molecule has 140 valence electrons. The molecular weight excluding hydrogens is 328 g/mol. The third kappa shape index (κ3) is 222. The molecule has 0 aromatic heterocycles. The molecule has 0 N–H and O–H groups in total. The van der Waals surface area contributed by atoms with E-state index in [-0.39, 0.29) is 21.7 Å². The van der Waals surface area contributed by atoms with Gasteiger partial charge >= 0.3 is 21.7 Å². The summed E-state index contributed by atoms with van der Waals surface area (Å²) >= 11 is 0. The van der Waals surface area contributed by atoms with Crippen LogP contribution >= 0.6 is 0 Å². The van der Waals surface area contributed by atoms with Crippen LogP contribution in [0.25, 0.3) is 0 Å². The second-order valence-electron chi connectivity index (χ2n) is 6.32. The van der Waals surface area contributed by atoms with Gasteiger partial charge in [-0.2, -0.15) is 0 Å². The monoisotopic (exact) mass is 368 g/mol. The molecule has 0 spiro atoms. The van der Waals surface area contributed by atoms with Crippen LogP contribution in [-0.2, 0) is 21.7 Å². The Balaban J connectivity index is -0.0000000591. The zero-order chi connectivity index (χ0) is 18.6. The summed E-state index contributed by atoms with van der Waals surface area (Å²) in [6, 6.07) is 0. The van der Waals surface area contributed by atoms with Crippen LogP contribution in [-0.4, -0.2) is 24.4 Å². The largest absolute Gasteiger partial charge is 4.00 e. The van der Waals surface area contributed by atoms with Crippen LogP contribution in [0.3, 0.4) is 0 Å². The Morgan fingerprint density at radius 3 is 0.478 bits per heavy atom. The Kier molecular flexibility index (Phi) is 46.1. The van der Waals surface area contributed by atoms with Crippen LogP contribution in [0.15, 0.2) is 0 Å². The average molecular weight is 368 g/mol. The fourth-order valence-corrected chi connectivity index (χ4v) is 1.06. The van der Waals surface area contributed by atoms with E-state index in [1.54, 1.807) is 55.4 Å². The maximum Gasteiger partial charge on any atom is 4.00 e. The van der Waals surface area contributed by atoms with Gasteiger partial charge in [0.15, 0.2) is 0 Å². The van der Waals surface area contributed by atoms with Crippen LogP contribution in [0.5, 0.6) is 0 Å². The topological polar surface area (TPSA) is 92.2 Å². The van der Waals surface area contributed by atoms with Gasteiger partial charge in [-0.3, -0.25) is 0 Å². The average Bonchev–Trinajstić information content (AvgIpc) is 2.28. The number of rotatable bonds is 0. The Bertz CT molecular complexity index is 113. The van der Waals surface area contributed by atoms with Crippen molar-refractivity contribution in [2.75, 3.05) is 0 Å². The first-order chi connectivity index (χ1) is 9.93. The molecule has 0 aliphatic heterocycles. The second kappa shape index (κ2) is 30.4. The molecule has 0 aromatic carbocycles. The van der Waals surface area contributed by atoms with Crippen molar-refractivity contribution in [3.8, 4) is 0 Å². The maximum absolute atomic E-state index is 9.53. The molecule has 0 unspecified atom stereocenters. The van der Waals surface area contributed by atoms with Crippen molar-refractivity contribution in [1.82, 2.24) is 0 Å². The van der Waals surface area contributed by atoms with Crippen molar-refractivity contribution in [1.29, 1.82) is 0 Å². The molecule has 1 fully saturated rings. The summed E-state index contributed by atoms with van der Waals surface area (Å²) in [5, 5.41) is 38.1. The summed E-state index contributed by atoms with van der Waals surface area (Å²) in [5.41, 5.74) is 0. The van der Waals surface area contributed by atoms with Crippen molar-refractivity contribution < 1.29 is 42.1 Å². The Labute approximate surface area is 160 Å². The minimum absolute atomic E-state index is 0. The molecule has 0 saturated heterocycles. The second-order valence-corrected chi connectivity index (χ2v) is 6.32. The summed E-state index contributed by atoms with van der Waals surface area (Å²) in [6.07, 6.45) is 7.33. The van der Waals surface area contributed by atoms with Gasteiger partial charge in [0.2, 0.25) is 0 Å². The van der Waals surface area contributed by atoms with E-state index in [9.17, 15) is 20.4 Å². The van der Waals surface area contributed by atoms with Gasteiger partial charge in [-0.1, -0.05) is 93.9 Å². The molecule has 1 aliphatic rings. The first-order valence-electron chi connectivity index (χ1n) is 8.56. The number of hydrogen-bond acceptors (Lipinski definition) is 4. The van der Waals surface area contributed by atoms with E-state index in [1.165, 1.54) is 38.5 Å². The minimum atomic E-state index is -0.417. The first kappa shape index (κ1) is 34.8. The van der Waals surface area contributed by atoms with E-state index >= 15 is 0 Å². The molecule has 0 radical (unpaired) electrons. The molecular formula is C18H40O4Ti. The summed E-state index contributed by atoms with van der Waals surface area (Å²) in [4.78, 5) is 0. The van der Waals surface area contributed by atoms with Crippen LogP contribution in [0, 0.1) is 0 Å². The van der Waals surface area contributed by atoms with Crippen molar-refractivity contribution >= 4 is 0 Å².